The Morgan fingerprint density at radius 1 is 1.26 bits per heavy atom. The van der Waals surface area contributed by atoms with Gasteiger partial charge in [-0.15, -0.1) is 0 Å². The molecule has 6 nitrogen and oxygen atoms in total. The lowest BCUT2D eigenvalue weighted by Gasteiger charge is -2.04. The Kier molecular flexibility index (Phi) is 5.72. The first-order chi connectivity index (χ1) is 11.2. The van der Waals surface area contributed by atoms with Gasteiger partial charge >= 0.3 is 0 Å². The fourth-order valence-electron chi connectivity index (χ4n) is 1.71. The van der Waals surface area contributed by atoms with Gasteiger partial charge in [0.25, 0.3) is 5.91 Å². The van der Waals surface area contributed by atoms with Crippen LogP contribution in [0, 0.1) is 11.3 Å². The normalized spacial score (nSPS) is 10.1. The van der Waals surface area contributed by atoms with Crippen molar-refractivity contribution >= 4 is 12.1 Å². The molecule has 0 saturated carbocycles. The summed E-state index contributed by atoms with van der Waals surface area (Å²) in [4.78, 5) is 11.6. The van der Waals surface area contributed by atoms with Crippen LogP contribution in [-0.2, 0) is 4.79 Å². The number of ether oxygens (including phenoxy) is 2. The van der Waals surface area contributed by atoms with Crippen molar-refractivity contribution < 1.29 is 14.3 Å². The second kappa shape index (κ2) is 8.20. The van der Waals surface area contributed by atoms with Gasteiger partial charge in [-0.05, 0) is 42.0 Å². The van der Waals surface area contributed by atoms with Crippen LogP contribution in [0.3, 0.4) is 0 Å². The zero-order valence-corrected chi connectivity index (χ0v) is 12.5. The Morgan fingerprint density at radius 3 is 2.74 bits per heavy atom. The number of hydrogen-bond acceptors (Lipinski definition) is 5. The first kappa shape index (κ1) is 16.0. The van der Waals surface area contributed by atoms with E-state index in [2.05, 4.69) is 10.5 Å². The van der Waals surface area contributed by atoms with Gasteiger partial charge in [0.05, 0.1) is 25.0 Å². The molecule has 1 N–H and O–H groups in total. The average Bonchev–Trinajstić information content (AvgIpc) is 2.60. The Balaban J connectivity index is 1.80. The first-order valence-corrected chi connectivity index (χ1v) is 6.80. The summed E-state index contributed by atoms with van der Waals surface area (Å²) in [6.07, 6.45) is 1.52. The number of carbonyl (C=O) groups excluding carboxylic acids is 1. The van der Waals surface area contributed by atoms with Crippen molar-refractivity contribution in [2.24, 2.45) is 5.10 Å². The molecule has 0 saturated heterocycles. The standard InChI is InChI=1S/C17H15N3O3/c1-22-16-4-2-3-14(9-16)11-19-20-17(21)12-23-15-7-5-13(10-18)6-8-15/h2-9,11H,12H2,1H3,(H,20,21)/b19-11-. The molecule has 0 aromatic heterocycles. The van der Waals surface area contributed by atoms with Gasteiger partial charge in [0.15, 0.2) is 6.61 Å². The molecule has 1 amide bonds. The molecule has 0 radical (unpaired) electrons. The highest BCUT2D eigenvalue weighted by atomic mass is 16.5. The maximum Gasteiger partial charge on any atom is 0.277 e. The van der Waals surface area contributed by atoms with Gasteiger partial charge in [0, 0.05) is 0 Å². The second-order valence-corrected chi connectivity index (χ2v) is 4.49. The van der Waals surface area contributed by atoms with Crippen LogP contribution in [0.2, 0.25) is 0 Å². The van der Waals surface area contributed by atoms with Crippen LogP contribution in [0.4, 0.5) is 0 Å². The molecule has 0 aliphatic heterocycles. The minimum atomic E-state index is -0.381. The molecule has 0 spiro atoms. The lowest BCUT2D eigenvalue weighted by Crippen LogP contribution is -2.24. The highest BCUT2D eigenvalue weighted by molar-refractivity contribution is 5.83. The van der Waals surface area contributed by atoms with E-state index in [4.69, 9.17) is 14.7 Å². The number of hydrogen-bond donors (Lipinski definition) is 1. The van der Waals surface area contributed by atoms with E-state index in [0.29, 0.717) is 17.1 Å². The summed E-state index contributed by atoms with van der Waals surface area (Å²) in [5.41, 5.74) is 3.71. The highest BCUT2D eigenvalue weighted by Crippen LogP contribution is 2.11. The number of carbonyl (C=O) groups is 1. The van der Waals surface area contributed by atoms with E-state index < -0.39 is 0 Å². The van der Waals surface area contributed by atoms with Crippen molar-refractivity contribution in [1.82, 2.24) is 5.43 Å². The number of nitrogens with zero attached hydrogens (tertiary/aromatic N) is 2. The number of amides is 1. The molecule has 6 heteroatoms. The van der Waals surface area contributed by atoms with Crippen LogP contribution in [0.5, 0.6) is 11.5 Å². The minimum Gasteiger partial charge on any atom is -0.497 e. The number of hydrazone groups is 1. The predicted octanol–water partition coefficient (Wildman–Crippen LogP) is 2.10. The Hall–Kier alpha value is -3.33. The highest BCUT2D eigenvalue weighted by Gasteiger charge is 2.01. The fraction of sp³-hybridized carbons (Fsp3) is 0.118. The van der Waals surface area contributed by atoms with Crippen molar-refractivity contribution in [3.8, 4) is 17.6 Å². The fourth-order valence-corrected chi connectivity index (χ4v) is 1.71. The third kappa shape index (κ3) is 5.17. The SMILES string of the molecule is COc1cccc(/C=N\NC(=O)COc2ccc(C#N)cc2)c1. The van der Waals surface area contributed by atoms with Crippen LogP contribution in [0.25, 0.3) is 0 Å². The number of nitriles is 1. The summed E-state index contributed by atoms with van der Waals surface area (Å²) in [6.45, 7) is -0.165. The summed E-state index contributed by atoms with van der Waals surface area (Å²) < 4.78 is 10.4. The van der Waals surface area contributed by atoms with Gasteiger partial charge in [0.2, 0.25) is 0 Å². The van der Waals surface area contributed by atoms with Gasteiger partial charge in [0.1, 0.15) is 11.5 Å². The predicted molar refractivity (Wildman–Crippen MR) is 85.4 cm³/mol. The number of nitrogens with one attached hydrogen (secondary N) is 1. The maximum absolute atomic E-state index is 11.6. The van der Waals surface area contributed by atoms with E-state index >= 15 is 0 Å². The zero-order valence-electron chi connectivity index (χ0n) is 12.5. The van der Waals surface area contributed by atoms with Crippen LogP contribution >= 0.6 is 0 Å². The summed E-state index contributed by atoms with van der Waals surface area (Å²) in [5.74, 6) is 0.842. The summed E-state index contributed by atoms with van der Waals surface area (Å²) in [6, 6.07) is 15.8. The Labute approximate surface area is 134 Å². The van der Waals surface area contributed by atoms with E-state index in [1.54, 1.807) is 37.4 Å². The molecule has 0 bridgehead atoms. The molecule has 0 fully saturated rings. The average molecular weight is 309 g/mol. The lowest BCUT2D eigenvalue weighted by atomic mass is 10.2. The Morgan fingerprint density at radius 2 is 2.04 bits per heavy atom. The molecule has 2 rings (SSSR count). The van der Waals surface area contributed by atoms with Crippen molar-refractivity contribution in [1.29, 1.82) is 5.26 Å². The van der Waals surface area contributed by atoms with Gasteiger partial charge in [-0.2, -0.15) is 10.4 Å². The van der Waals surface area contributed by atoms with E-state index in [0.717, 1.165) is 5.56 Å². The van der Waals surface area contributed by atoms with Gasteiger partial charge < -0.3 is 9.47 Å². The minimum absolute atomic E-state index is 0.165. The lowest BCUT2D eigenvalue weighted by molar-refractivity contribution is -0.123. The molecule has 2 aromatic rings. The molecule has 0 atom stereocenters. The van der Waals surface area contributed by atoms with E-state index in [1.807, 2.05) is 24.3 Å². The molecular formula is C17H15N3O3. The third-order valence-corrected chi connectivity index (χ3v) is 2.85. The number of rotatable bonds is 6. The molecular weight excluding hydrogens is 294 g/mol. The van der Waals surface area contributed by atoms with E-state index in [9.17, 15) is 4.79 Å². The van der Waals surface area contributed by atoms with Crippen LogP contribution in [0.1, 0.15) is 11.1 Å². The van der Waals surface area contributed by atoms with E-state index in [-0.39, 0.29) is 12.5 Å². The quantitative estimate of drug-likeness (QED) is 0.654. The topological polar surface area (TPSA) is 83.7 Å². The number of methoxy groups -OCH3 is 1. The van der Waals surface area contributed by atoms with Crippen molar-refractivity contribution in [2.45, 2.75) is 0 Å². The smallest absolute Gasteiger partial charge is 0.277 e. The first-order valence-electron chi connectivity index (χ1n) is 6.80. The largest absolute Gasteiger partial charge is 0.497 e. The Bertz CT molecular complexity index is 733. The zero-order chi connectivity index (χ0) is 16.5. The molecule has 2 aromatic carbocycles. The molecule has 116 valence electrons. The molecule has 0 heterocycles. The van der Waals surface area contributed by atoms with Gasteiger partial charge in [-0.1, -0.05) is 12.1 Å². The van der Waals surface area contributed by atoms with Crippen LogP contribution < -0.4 is 14.9 Å². The summed E-state index contributed by atoms with van der Waals surface area (Å²) in [5, 5.41) is 12.5. The molecule has 0 aliphatic carbocycles. The monoisotopic (exact) mass is 309 g/mol. The van der Waals surface area contributed by atoms with Crippen molar-refractivity contribution in [3.63, 3.8) is 0 Å². The summed E-state index contributed by atoms with van der Waals surface area (Å²) in [7, 11) is 1.58. The van der Waals surface area contributed by atoms with Crippen LogP contribution in [0.15, 0.2) is 53.6 Å². The molecule has 0 unspecified atom stereocenters. The van der Waals surface area contributed by atoms with Crippen LogP contribution in [-0.4, -0.2) is 25.8 Å². The second-order valence-electron chi connectivity index (χ2n) is 4.49. The van der Waals surface area contributed by atoms with Gasteiger partial charge in [-0.3, -0.25) is 4.79 Å². The number of benzene rings is 2. The van der Waals surface area contributed by atoms with Gasteiger partial charge in [-0.25, -0.2) is 5.43 Å². The third-order valence-electron chi connectivity index (χ3n) is 2.85. The van der Waals surface area contributed by atoms with Crippen molar-refractivity contribution in [3.05, 3.63) is 59.7 Å². The van der Waals surface area contributed by atoms with Crippen molar-refractivity contribution in [2.75, 3.05) is 13.7 Å². The molecule has 0 aliphatic rings. The maximum atomic E-state index is 11.6. The van der Waals surface area contributed by atoms with E-state index in [1.165, 1.54) is 6.21 Å². The summed E-state index contributed by atoms with van der Waals surface area (Å²) >= 11 is 0. The molecule has 23 heavy (non-hydrogen) atoms.